The molecule has 6 nitrogen and oxygen atoms in total. The van der Waals surface area contributed by atoms with Crippen LogP contribution in [0.3, 0.4) is 0 Å². The Morgan fingerprint density at radius 3 is 2.80 bits per heavy atom. The summed E-state index contributed by atoms with van der Waals surface area (Å²) in [4.78, 5) is 22.8. The van der Waals surface area contributed by atoms with Gasteiger partial charge in [-0.2, -0.15) is 0 Å². The third kappa shape index (κ3) is 3.39. The molecule has 25 heavy (non-hydrogen) atoms. The SMILES string of the molecule is Cc1cc([N+](=O)[O-])ccc1C(=O)NCC1(O)CCCc2ccccc21. The van der Waals surface area contributed by atoms with Crippen LogP contribution in [0, 0.1) is 17.0 Å². The number of nitrogens with one attached hydrogen (secondary N) is 1. The van der Waals surface area contributed by atoms with Crippen molar-refractivity contribution in [3.8, 4) is 0 Å². The minimum atomic E-state index is -1.08. The van der Waals surface area contributed by atoms with Gasteiger partial charge in [-0.15, -0.1) is 0 Å². The van der Waals surface area contributed by atoms with Crippen molar-refractivity contribution in [1.29, 1.82) is 0 Å². The van der Waals surface area contributed by atoms with E-state index >= 15 is 0 Å². The van der Waals surface area contributed by atoms with E-state index in [0.717, 1.165) is 24.0 Å². The topological polar surface area (TPSA) is 92.5 Å². The Kier molecular flexibility index (Phi) is 4.55. The van der Waals surface area contributed by atoms with Crippen molar-refractivity contribution in [1.82, 2.24) is 5.32 Å². The summed E-state index contributed by atoms with van der Waals surface area (Å²) < 4.78 is 0. The maximum absolute atomic E-state index is 12.5. The Bertz CT molecular complexity index is 834. The summed E-state index contributed by atoms with van der Waals surface area (Å²) in [7, 11) is 0. The standard InChI is InChI=1S/C19H20N2O4/c1-13-11-15(21(24)25)8-9-16(13)18(22)20-12-19(23)10-4-6-14-5-2-3-7-17(14)19/h2-3,5,7-9,11,23H,4,6,10,12H2,1H3,(H,20,22). The summed E-state index contributed by atoms with van der Waals surface area (Å²) in [6.45, 7) is 1.77. The average molecular weight is 340 g/mol. The predicted molar refractivity (Wildman–Crippen MR) is 93.4 cm³/mol. The van der Waals surface area contributed by atoms with E-state index in [1.54, 1.807) is 6.92 Å². The van der Waals surface area contributed by atoms with E-state index in [0.29, 0.717) is 17.5 Å². The molecule has 0 aliphatic heterocycles. The van der Waals surface area contributed by atoms with Gasteiger partial charge in [0.1, 0.15) is 5.60 Å². The highest BCUT2D eigenvalue weighted by atomic mass is 16.6. The van der Waals surface area contributed by atoms with E-state index < -0.39 is 10.5 Å². The van der Waals surface area contributed by atoms with Gasteiger partial charge in [0.05, 0.1) is 11.5 Å². The van der Waals surface area contributed by atoms with Gasteiger partial charge in [-0.05, 0) is 48.9 Å². The van der Waals surface area contributed by atoms with E-state index in [2.05, 4.69) is 5.32 Å². The molecule has 0 aromatic heterocycles. The van der Waals surface area contributed by atoms with Crippen LogP contribution in [0.25, 0.3) is 0 Å². The van der Waals surface area contributed by atoms with Crippen LogP contribution < -0.4 is 5.32 Å². The molecule has 130 valence electrons. The van der Waals surface area contributed by atoms with Gasteiger partial charge in [-0.1, -0.05) is 24.3 Å². The van der Waals surface area contributed by atoms with E-state index in [1.165, 1.54) is 18.2 Å². The van der Waals surface area contributed by atoms with Crippen molar-refractivity contribution in [2.75, 3.05) is 6.54 Å². The van der Waals surface area contributed by atoms with E-state index in [9.17, 15) is 20.0 Å². The molecule has 6 heteroatoms. The van der Waals surface area contributed by atoms with E-state index in [-0.39, 0.29) is 18.1 Å². The zero-order chi connectivity index (χ0) is 18.0. The Morgan fingerprint density at radius 1 is 1.32 bits per heavy atom. The molecule has 0 spiro atoms. The number of nitro benzene ring substituents is 1. The maximum Gasteiger partial charge on any atom is 0.269 e. The highest BCUT2D eigenvalue weighted by Gasteiger charge is 2.34. The van der Waals surface area contributed by atoms with Crippen molar-refractivity contribution in [3.05, 3.63) is 74.8 Å². The fraction of sp³-hybridized carbons (Fsp3) is 0.316. The molecule has 0 saturated heterocycles. The zero-order valence-corrected chi connectivity index (χ0v) is 14.0. The van der Waals surface area contributed by atoms with Gasteiger partial charge in [-0.25, -0.2) is 0 Å². The summed E-state index contributed by atoms with van der Waals surface area (Å²) in [6, 6.07) is 11.9. The minimum absolute atomic E-state index is 0.0473. The van der Waals surface area contributed by atoms with Crippen LogP contribution >= 0.6 is 0 Å². The minimum Gasteiger partial charge on any atom is -0.383 e. The molecule has 2 aromatic rings. The summed E-state index contributed by atoms with van der Waals surface area (Å²) >= 11 is 0. The van der Waals surface area contributed by atoms with Crippen molar-refractivity contribution >= 4 is 11.6 Å². The number of amides is 1. The molecule has 3 rings (SSSR count). The van der Waals surface area contributed by atoms with Crippen molar-refractivity contribution in [3.63, 3.8) is 0 Å². The number of hydrogen-bond donors (Lipinski definition) is 2. The predicted octanol–water partition coefficient (Wildman–Crippen LogP) is 2.86. The normalized spacial score (nSPS) is 19.1. The molecule has 2 aromatic carbocycles. The molecule has 1 aliphatic rings. The molecule has 1 amide bonds. The number of nitro groups is 1. The van der Waals surface area contributed by atoms with Gasteiger partial charge in [0.2, 0.25) is 0 Å². The highest BCUT2D eigenvalue weighted by molar-refractivity contribution is 5.95. The number of hydrogen-bond acceptors (Lipinski definition) is 4. The Hall–Kier alpha value is -2.73. The summed E-state index contributed by atoms with van der Waals surface area (Å²) in [6.07, 6.45) is 2.37. The number of fused-ring (bicyclic) bond motifs is 1. The number of aryl methyl sites for hydroxylation is 2. The first-order valence-corrected chi connectivity index (χ1v) is 8.25. The molecule has 0 radical (unpaired) electrons. The third-order valence-corrected chi connectivity index (χ3v) is 4.76. The van der Waals surface area contributed by atoms with Gasteiger partial charge in [0.25, 0.3) is 11.6 Å². The first-order chi connectivity index (χ1) is 11.9. The Balaban J connectivity index is 1.76. The second-order valence-corrected chi connectivity index (χ2v) is 6.48. The average Bonchev–Trinajstić information content (AvgIpc) is 2.60. The fourth-order valence-corrected chi connectivity index (χ4v) is 3.42. The van der Waals surface area contributed by atoms with Crippen LogP contribution in [0.4, 0.5) is 5.69 Å². The van der Waals surface area contributed by atoms with Gasteiger partial charge >= 0.3 is 0 Å². The first kappa shape index (κ1) is 17.1. The van der Waals surface area contributed by atoms with Crippen molar-refractivity contribution < 1.29 is 14.8 Å². The molecule has 1 unspecified atom stereocenters. The van der Waals surface area contributed by atoms with Crippen LogP contribution in [0.2, 0.25) is 0 Å². The van der Waals surface area contributed by atoms with Crippen molar-refractivity contribution in [2.45, 2.75) is 31.8 Å². The van der Waals surface area contributed by atoms with Gasteiger partial charge < -0.3 is 10.4 Å². The van der Waals surface area contributed by atoms with Crippen LogP contribution in [0.15, 0.2) is 42.5 Å². The molecule has 0 saturated carbocycles. The number of non-ortho nitro benzene ring substituents is 1. The largest absolute Gasteiger partial charge is 0.383 e. The number of aliphatic hydroxyl groups is 1. The van der Waals surface area contributed by atoms with E-state index in [1.807, 2.05) is 24.3 Å². The molecule has 1 aliphatic carbocycles. The maximum atomic E-state index is 12.5. The Morgan fingerprint density at radius 2 is 2.08 bits per heavy atom. The number of benzene rings is 2. The Labute approximate surface area is 145 Å². The van der Waals surface area contributed by atoms with Crippen molar-refractivity contribution in [2.24, 2.45) is 0 Å². The summed E-state index contributed by atoms with van der Waals surface area (Å²) in [5, 5.41) is 24.6. The van der Waals surface area contributed by atoms with Gasteiger partial charge in [0.15, 0.2) is 0 Å². The third-order valence-electron chi connectivity index (χ3n) is 4.76. The van der Waals surface area contributed by atoms with Gasteiger partial charge in [-0.3, -0.25) is 14.9 Å². The molecule has 2 N–H and O–H groups in total. The molecular formula is C19H20N2O4. The summed E-state index contributed by atoms with van der Waals surface area (Å²) in [5.74, 6) is -0.344. The monoisotopic (exact) mass is 340 g/mol. The highest BCUT2D eigenvalue weighted by Crippen LogP contribution is 2.34. The molecule has 0 bridgehead atoms. The lowest BCUT2D eigenvalue weighted by molar-refractivity contribution is -0.384. The smallest absolute Gasteiger partial charge is 0.269 e. The van der Waals surface area contributed by atoms with Crippen LogP contribution in [0.1, 0.15) is 39.9 Å². The van der Waals surface area contributed by atoms with Crippen LogP contribution in [-0.4, -0.2) is 22.5 Å². The van der Waals surface area contributed by atoms with E-state index in [4.69, 9.17) is 0 Å². The summed E-state index contributed by atoms with van der Waals surface area (Å²) in [5.41, 5.74) is 1.74. The first-order valence-electron chi connectivity index (χ1n) is 8.25. The molecule has 0 heterocycles. The van der Waals surface area contributed by atoms with Crippen LogP contribution in [0.5, 0.6) is 0 Å². The number of nitrogens with zero attached hydrogens (tertiary/aromatic N) is 1. The lowest BCUT2D eigenvalue weighted by Gasteiger charge is -2.34. The quantitative estimate of drug-likeness (QED) is 0.661. The number of rotatable bonds is 4. The number of carbonyl (C=O) groups excluding carboxylic acids is 1. The second-order valence-electron chi connectivity index (χ2n) is 6.48. The molecular weight excluding hydrogens is 320 g/mol. The second kappa shape index (κ2) is 6.64. The lowest BCUT2D eigenvalue weighted by atomic mass is 9.79. The lowest BCUT2D eigenvalue weighted by Crippen LogP contribution is -2.43. The van der Waals surface area contributed by atoms with Crippen LogP contribution in [-0.2, 0) is 12.0 Å². The fourth-order valence-electron chi connectivity index (χ4n) is 3.42. The molecule has 1 atom stereocenters. The molecule has 0 fully saturated rings. The zero-order valence-electron chi connectivity index (χ0n) is 14.0. The number of carbonyl (C=O) groups is 1. The van der Waals surface area contributed by atoms with Gasteiger partial charge in [0, 0.05) is 17.7 Å².